The molecule has 1 spiro atoms. The molecule has 0 aromatic carbocycles. The molecule has 5 heteroatoms. The van der Waals surface area contributed by atoms with Gasteiger partial charge in [-0.25, -0.2) is 0 Å². The largest absolute Gasteiger partial charge is 0.369 e. The lowest BCUT2D eigenvalue weighted by Crippen LogP contribution is -2.49. The number of aromatic nitrogens is 2. The molecule has 0 aliphatic carbocycles. The summed E-state index contributed by atoms with van der Waals surface area (Å²) >= 11 is 2.00. The average molecular weight is 374 g/mol. The predicted molar refractivity (Wildman–Crippen MR) is 107 cm³/mol. The Morgan fingerprint density at radius 1 is 1.38 bits per heavy atom. The van der Waals surface area contributed by atoms with Crippen LogP contribution >= 0.6 is 11.3 Å². The van der Waals surface area contributed by atoms with Crippen molar-refractivity contribution in [3.8, 4) is 0 Å². The van der Waals surface area contributed by atoms with Crippen LogP contribution in [-0.2, 0) is 35.8 Å². The molecule has 4 nitrogen and oxygen atoms in total. The first-order chi connectivity index (χ1) is 12.3. The van der Waals surface area contributed by atoms with E-state index in [1.54, 1.807) is 5.56 Å². The van der Waals surface area contributed by atoms with E-state index in [2.05, 4.69) is 50.0 Å². The first kappa shape index (κ1) is 18.2. The van der Waals surface area contributed by atoms with E-state index in [0.29, 0.717) is 6.04 Å². The molecule has 2 aromatic rings. The molecule has 2 aliphatic heterocycles. The molecule has 4 rings (SSSR count). The van der Waals surface area contributed by atoms with Crippen molar-refractivity contribution in [2.75, 3.05) is 13.2 Å². The Labute approximate surface area is 161 Å². The molecular formula is C21H31N3OS. The van der Waals surface area contributed by atoms with Gasteiger partial charge in [-0.05, 0) is 43.2 Å². The molecule has 1 fully saturated rings. The maximum atomic E-state index is 6.50. The third-order valence-corrected chi connectivity index (χ3v) is 7.70. The maximum absolute atomic E-state index is 6.50. The van der Waals surface area contributed by atoms with Gasteiger partial charge in [0.1, 0.15) is 5.60 Å². The van der Waals surface area contributed by atoms with E-state index in [9.17, 15) is 0 Å². The van der Waals surface area contributed by atoms with Crippen LogP contribution in [-0.4, -0.2) is 33.9 Å². The molecule has 0 N–H and O–H groups in total. The molecule has 0 unspecified atom stereocenters. The lowest BCUT2D eigenvalue weighted by Gasteiger charge is -2.47. The number of hydrogen-bond acceptors (Lipinski definition) is 4. The van der Waals surface area contributed by atoms with Crippen LogP contribution in [0.4, 0.5) is 0 Å². The van der Waals surface area contributed by atoms with E-state index in [4.69, 9.17) is 4.74 Å². The van der Waals surface area contributed by atoms with Gasteiger partial charge in [-0.1, -0.05) is 20.8 Å². The lowest BCUT2D eigenvalue weighted by molar-refractivity contribution is -0.110. The van der Waals surface area contributed by atoms with Crippen molar-refractivity contribution >= 4 is 11.3 Å². The number of aryl methyl sites for hydroxylation is 1. The zero-order valence-electron chi connectivity index (χ0n) is 16.7. The minimum absolute atomic E-state index is 0.0629. The number of piperidine rings is 1. The maximum Gasteiger partial charge on any atom is 0.105 e. The summed E-state index contributed by atoms with van der Waals surface area (Å²) in [5.74, 6) is 0. The highest BCUT2D eigenvalue weighted by Crippen LogP contribution is 2.48. The number of hydrogen-bond donors (Lipinski definition) is 0. The third kappa shape index (κ3) is 3.25. The minimum Gasteiger partial charge on any atom is -0.369 e. The normalized spacial score (nSPS) is 27.0. The lowest BCUT2D eigenvalue weighted by atomic mass is 9.81. The van der Waals surface area contributed by atoms with E-state index in [-0.39, 0.29) is 11.0 Å². The van der Waals surface area contributed by atoms with E-state index < -0.39 is 0 Å². The van der Waals surface area contributed by atoms with Crippen LogP contribution < -0.4 is 0 Å². The average Bonchev–Trinajstić information content (AvgIpc) is 3.17. The van der Waals surface area contributed by atoms with Crippen LogP contribution in [0, 0.1) is 0 Å². The quantitative estimate of drug-likeness (QED) is 0.789. The number of likely N-dealkylation sites (tertiary alicyclic amines) is 1. The summed E-state index contributed by atoms with van der Waals surface area (Å²) in [5.41, 5.74) is 2.99. The Morgan fingerprint density at radius 3 is 2.85 bits per heavy atom. The predicted octanol–water partition coefficient (Wildman–Crippen LogP) is 4.23. The van der Waals surface area contributed by atoms with Crippen LogP contribution in [0.15, 0.2) is 18.5 Å². The number of rotatable bonds is 2. The molecular weight excluding hydrogens is 342 g/mol. The standard InChI is InChI=1S/C21H31N3OS/c1-15-11-21(7-8-24(15)14-16-12-22-23(5)13-16)19-17(6-9-25-21)10-18(26-19)20(2,3)4/h10,12-13,15H,6-9,11,14H2,1-5H3/t15-,21+/m0/s1. The van der Waals surface area contributed by atoms with E-state index >= 15 is 0 Å². The summed E-state index contributed by atoms with van der Waals surface area (Å²) in [4.78, 5) is 5.59. The molecule has 2 aromatic heterocycles. The van der Waals surface area contributed by atoms with E-state index in [0.717, 1.165) is 39.0 Å². The zero-order valence-corrected chi connectivity index (χ0v) is 17.5. The smallest absolute Gasteiger partial charge is 0.105 e. The number of fused-ring (bicyclic) bond motifs is 2. The zero-order chi connectivity index (χ0) is 18.5. The van der Waals surface area contributed by atoms with Crippen molar-refractivity contribution in [3.05, 3.63) is 39.3 Å². The Bertz CT molecular complexity index is 788. The Balaban J connectivity index is 1.55. The van der Waals surface area contributed by atoms with Gasteiger partial charge in [-0.15, -0.1) is 11.3 Å². The van der Waals surface area contributed by atoms with Crippen LogP contribution in [0.3, 0.4) is 0 Å². The van der Waals surface area contributed by atoms with Gasteiger partial charge in [0.25, 0.3) is 0 Å². The molecule has 142 valence electrons. The summed E-state index contributed by atoms with van der Waals surface area (Å²) < 4.78 is 8.39. The molecule has 0 bridgehead atoms. The van der Waals surface area contributed by atoms with Crippen LogP contribution in [0.5, 0.6) is 0 Å². The van der Waals surface area contributed by atoms with Gasteiger partial charge in [0.05, 0.1) is 12.8 Å². The van der Waals surface area contributed by atoms with Crippen LogP contribution in [0.2, 0.25) is 0 Å². The summed E-state index contributed by atoms with van der Waals surface area (Å²) in [7, 11) is 1.99. The first-order valence-electron chi connectivity index (χ1n) is 9.76. The second-order valence-corrected chi connectivity index (χ2v) is 10.2. The van der Waals surface area contributed by atoms with Gasteiger partial charge in [-0.3, -0.25) is 9.58 Å². The Kier molecular flexibility index (Phi) is 4.53. The highest BCUT2D eigenvalue weighted by atomic mass is 32.1. The first-order valence-corrected chi connectivity index (χ1v) is 10.6. The fourth-order valence-electron chi connectivity index (χ4n) is 4.40. The van der Waals surface area contributed by atoms with Crippen molar-refractivity contribution in [1.82, 2.24) is 14.7 Å². The molecule has 26 heavy (non-hydrogen) atoms. The monoisotopic (exact) mass is 373 g/mol. The second kappa shape index (κ2) is 6.47. The fraction of sp³-hybridized carbons (Fsp3) is 0.667. The molecule has 2 aliphatic rings. The third-order valence-electron chi connectivity index (χ3n) is 5.91. The Hall–Kier alpha value is -1.17. The van der Waals surface area contributed by atoms with Crippen molar-refractivity contribution in [2.45, 2.75) is 70.6 Å². The SMILES string of the molecule is C[C@H]1C[C@@]2(CCN1Cc1cnn(C)c1)OCCc1cc(C(C)(C)C)sc12. The van der Waals surface area contributed by atoms with Gasteiger partial charge in [0.2, 0.25) is 0 Å². The van der Waals surface area contributed by atoms with Gasteiger partial charge >= 0.3 is 0 Å². The summed E-state index contributed by atoms with van der Waals surface area (Å²) in [5, 5.41) is 4.31. The van der Waals surface area contributed by atoms with Gasteiger partial charge in [-0.2, -0.15) is 5.10 Å². The number of ether oxygens (including phenoxy) is 1. The van der Waals surface area contributed by atoms with Crippen molar-refractivity contribution in [1.29, 1.82) is 0 Å². The molecule has 0 saturated carbocycles. The highest BCUT2D eigenvalue weighted by molar-refractivity contribution is 7.12. The summed E-state index contributed by atoms with van der Waals surface area (Å²) in [6, 6.07) is 2.96. The number of nitrogens with zero attached hydrogens (tertiary/aromatic N) is 3. The van der Waals surface area contributed by atoms with Crippen molar-refractivity contribution in [2.24, 2.45) is 7.05 Å². The van der Waals surface area contributed by atoms with Gasteiger partial charge in [0.15, 0.2) is 0 Å². The van der Waals surface area contributed by atoms with Crippen LogP contribution in [0.25, 0.3) is 0 Å². The van der Waals surface area contributed by atoms with Gasteiger partial charge in [0, 0.05) is 47.7 Å². The Morgan fingerprint density at radius 2 is 2.19 bits per heavy atom. The van der Waals surface area contributed by atoms with Crippen molar-refractivity contribution < 1.29 is 4.74 Å². The molecule has 0 radical (unpaired) electrons. The second-order valence-electron chi connectivity index (χ2n) is 9.10. The molecule has 0 amide bonds. The molecule has 1 saturated heterocycles. The van der Waals surface area contributed by atoms with Gasteiger partial charge < -0.3 is 4.74 Å². The minimum atomic E-state index is -0.0629. The summed E-state index contributed by atoms with van der Waals surface area (Å²) in [6.45, 7) is 12.2. The van der Waals surface area contributed by atoms with Crippen molar-refractivity contribution in [3.63, 3.8) is 0 Å². The van der Waals surface area contributed by atoms with E-state index in [1.165, 1.54) is 15.3 Å². The molecule has 4 heterocycles. The van der Waals surface area contributed by atoms with Crippen LogP contribution in [0.1, 0.15) is 61.4 Å². The highest BCUT2D eigenvalue weighted by Gasteiger charge is 2.45. The summed E-state index contributed by atoms with van der Waals surface area (Å²) in [6.07, 6.45) is 7.36. The molecule has 2 atom stereocenters. The number of thiophene rings is 1. The fourth-order valence-corrected chi connectivity index (χ4v) is 5.85. The topological polar surface area (TPSA) is 30.3 Å². The van der Waals surface area contributed by atoms with E-state index in [1.807, 2.05) is 29.3 Å².